The van der Waals surface area contributed by atoms with Crippen molar-refractivity contribution in [2.75, 3.05) is 25.6 Å². The quantitative estimate of drug-likeness (QED) is 0.510. The Balaban J connectivity index is 4.17. The van der Waals surface area contributed by atoms with E-state index < -0.39 is 0 Å². The summed E-state index contributed by atoms with van der Waals surface area (Å²) in [6.45, 7) is 7.76. The number of halogens is 1. The summed E-state index contributed by atoms with van der Waals surface area (Å²) in [7, 11) is 0. The molecule has 0 aliphatic carbocycles. The highest BCUT2D eigenvalue weighted by Crippen LogP contribution is 2.01. The third-order valence-electron chi connectivity index (χ3n) is 2.06. The van der Waals surface area contributed by atoms with Crippen molar-refractivity contribution in [3.8, 4) is 0 Å². The van der Waals surface area contributed by atoms with E-state index in [-0.39, 0.29) is 12.7 Å². The molecule has 0 rings (SSSR count). The molecular formula is C12H22ClNO2. The number of carbonyl (C=O) groups excluding carboxylic acids is 1. The predicted molar refractivity (Wildman–Crippen MR) is 68.0 cm³/mol. The van der Waals surface area contributed by atoms with E-state index >= 15 is 0 Å². The molecule has 4 heteroatoms. The molecule has 3 nitrogen and oxygen atoms in total. The Kier molecular flexibility index (Phi) is 9.10. The number of allylic oxidation sites excluding steroid dienone is 1. The lowest BCUT2D eigenvalue weighted by atomic mass is 10.3. The van der Waals surface area contributed by atoms with Crippen molar-refractivity contribution in [2.45, 2.75) is 33.6 Å². The summed E-state index contributed by atoms with van der Waals surface area (Å²) in [5, 5.41) is 0. The van der Waals surface area contributed by atoms with Crippen molar-refractivity contribution >= 4 is 17.7 Å². The largest absolute Gasteiger partial charge is 0.448 e. The third kappa shape index (κ3) is 7.57. The minimum Gasteiger partial charge on any atom is -0.448 e. The van der Waals surface area contributed by atoms with Gasteiger partial charge in [-0.25, -0.2) is 4.79 Å². The lowest BCUT2D eigenvalue weighted by molar-refractivity contribution is 0.111. The Bertz CT molecular complexity index is 225. The van der Waals surface area contributed by atoms with Gasteiger partial charge >= 0.3 is 6.09 Å². The molecule has 0 atom stereocenters. The Labute approximate surface area is 103 Å². The standard InChI is InChI=1S/C12H22ClNO2/c1-4-5-8-14(9-6-11(2)3)12(15)16-10-7-13/h6H,4-5,7-10H2,1-3H3. The van der Waals surface area contributed by atoms with Gasteiger partial charge in [0.1, 0.15) is 6.61 Å². The second-order valence-corrected chi connectivity index (χ2v) is 4.26. The van der Waals surface area contributed by atoms with E-state index in [9.17, 15) is 4.79 Å². The van der Waals surface area contributed by atoms with Gasteiger partial charge in [-0.05, 0) is 20.3 Å². The summed E-state index contributed by atoms with van der Waals surface area (Å²) in [6.07, 6.45) is 3.81. The van der Waals surface area contributed by atoms with E-state index in [0.29, 0.717) is 12.4 Å². The fourth-order valence-corrected chi connectivity index (χ4v) is 1.19. The van der Waals surface area contributed by atoms with Crippen molar-refractivity contribution in [1.29, 1.82) is 0 Å². The first-order chi connectivity index (χ1) is 7.61. The smallest absolute Gasteiger partial charge is 0.410 e. The van der Waals surface area contributed by atoms with Crippen molar-refractivity contribution < 1.29 is 9.53 Å². The van der Waals surface area contributed by atoms with Crippen LogP contribution >= 0.6 is 11.6 Å². The van der Waals surface area contributed by atoms with Gasteiger partial charge < -0.3 is 9.64 Å². The van der Waals surface area contributed by atoms with Crippen LogP contribution in [-0.2, 0) is 4.74 Å². The number of hydrogen-bond donors (Lipinski definition) is 0. The Morgan fingerprint density at radius 1 is 1.44 bits per heavy atom. The topological polar surface area (TPSA) is 29.5 Å². The number of amides is 1. The molecular weight excluding hydrogens is 226 g/mol. The molecule has 0 aromatic heterocycles. The molecule has 0 fully saturated rings. The van der Waals surface area contributed by atoms with Gasteiger partial charge in [-0.3, -0.25) is 0 Å². The second kappa shape index (κ2) is 9.52. The summed E-state index contributed by atoms with van der Waals surface area (Å²) >= 11 is 5.47. The SMILES string of the molecule is CCCCN(CC=C(C)C)C(=O)OCCCl. The maximum absolute atomic E-state index is 11.6. The van der Waals surface area contributed by atoms with E-state index in [1.54, 1.807) is 4.90 Å². The van der Waals surface area contributed by atoms with Crippen LogP contribution < -0.4 is 0 Å². The van der Waals surface area contributed by atoms with Gasteiger partial charge in [-0.1, -0.05) is 25.0 Å². The van der Waals surface area contributed by atoms with Crippen LogP contribution in [0.25, 0.3) is 0 Å². The molecule has 0 aromatic rings. The summed E-state index contributed by atoms with van der Waals surface area (Å²) in [5.41, 5.74) is 1.20. The normalized spacial score (nSPS) is 9.75. The van der Waals surface area contributed by atoms with E-state index in [1.807, 2.05) is 19.9 Å². The molecule has 1 amide bonds. The zero-order valence-electron chi connectivity index (χ0n) is 10.5. The Hall–Kier alpha value is -0.700. The van der Waals surface area contributed by atoms with Gasteiger partial charge in [0.05, 0.1) is 5.88 Å². The van der Waals surface area contributed by atoms with Crippen molar-refractivity contribution in [3.63, 3.8) is 0 Å². The van der Waals surface area contributed by atoms with Crippen LogP contribution in [0.5, 0.6) is 0 Å². The van der Waals surface area contributed by atoms with Gasteiger partial charge in [0, 0.05) is 13.1 Å². The number of hydrogen-bond acceptors (Lipinski definition) is 2. The van der Waals surface area contributed by atoms with Gasteiger partial charge in [0.25, 0.3) is 0 Å². The minimum atomic E-state index is -0.272. The number of rotatable bonds is 7. The maximum atomic E-state index is 11.6. The first-order valence-corrected chi connectivity index (χ1v) is 6.26. The Morgan fingerprint density at radius 3 is 2.62 bits per heavy atom. The van der Waals surface area contributed by atoms with Crippen molar-refractivity contribution in [1.82, 2.24) is 4.90 Å². The summed E-state index contributed by atoms with van der Waals surface area (Å²) in [4.78, 5) is 13.3. The lowest BCUT2D eigenvalue weighted by Gasteiger charge is -2.20. The van der Waals surface area contributed by atoms with Gasteiger partial charge in [-0.2, -0.15) is 0 Å². The highest BCUT2D eigenvalue weighted by Gasteiger charge is 2.12. The average Bonchev–Trinajstić information content (AvgIpc) is 2.25. The monoisotopic (exact) mass is 247 g/mol. The fourth-order valence-electron chi connectivity index (χ4n) is 1.12. The molecule has 0 bridgehead atoms. The molecule has 16 heavy (non-hydrogen) atoms. The molecule has 0 unspecified atom stereocenters. The van der Waals surface area contributed by atoms with Crippen LogP contribution in [0.4, 0.5) is 4.79 Å². The first kappa shape index (κ1) is 15.3. The predicted octanol–water partition coefficient (Wildman–Crippen LogP) is 3.43. The van der Waals surface area contributed by atoms with Crippen LogP contribution in [-0.4, -0.2) is 36.6 Å². The molecule has 0 aliphatic heterocycles. The molecule has 0 saturated carbocycles. The number of nitrogens with zero attached hydrogens (tertiary/aromatic N) is 1. The number of ether oxygens (including phenoxy) is 1. The maximum Gasteiger partial charge on any atom is 0.410 e. The van der Waals surface area contributed by atoms with Crippen LogP contribution in [0.15, 0.2) is 11.6 Å². The third-order valence-corrected chi connectivity index (χ3v) is 2.22. The zero-order chi connectivity index (χ0) is 12.4. The molecule has 0 saturated heterocycles. The van der Waals surface area contributed by atoms with Crippen LogP contribution in [0.3, 0.4) is 0 Å². The molecule has 0 radical (unpaired) electrons. The summed E-state index contributed by atoms with van der Waals surface area (Å²) in [5.74, 6) is 0.343. The van der Waals surface area contributed by atoms with Crippen molar-refractivity contribution in [2.24, 2.45) is 0 Å². The summed E-state index contributed by atoms with van der Waals surface area (Å²) < 4.78 is 5.01. The number of unbranched alkanes of at least 4 members (excludes halogenated alkanes) is 1. The first-order valence-electron chi connectivity index (χ1n) is 5.72. The minimum absolute atomic E-state index is 0.272. The van der Waals surface area contributed by atoms with E-state index in [0.717, 1.165) is 19.4 Å². The molecule has 0 spiro atoms. The van der Waals surface area contributed by atoms with Gasteiger partial charge in [0.2, 0.25) is 0 Å². The van der Waals surface area contributed by atoms with E-state index in [2.05, 4.69) is 6.92 Å². The van der Waals surface area contributed by atoms with E-state index in [1.165, 1.54) is 5.57 Å². The van der Waals surface area contributed by atoms with Crippen molar-refractivity contribution in [3.05, 3.63) is 11.6 Å². The number of carbonyl (C=O) groups is 1. The van der Waals surface area contributed by atoms with Crippen LogP contribution in [0.1, 0.15) is 33.6 Å². The summed E-state index contributed by atoms with van der Waals surface area (Å²) in [6, 6.07) is 0. The molecule has 0 N–H and O–H groups in total. The zero-order valence-corrected chi connectivity index (χ0v) is 11.2. The highest BCUT2D eigenvalue weighted by atomic mass is 35.5. The molecule has 0 aliphatic rings. The molecule has 0 heterocycles. The number of alkyl halides is 1. The highest BCUT2D eigenvalue weighted by molar-refractivity contribution is 6.18. The molecule has 94 valence electrons. The van der Waals surface area contributed by atoms with Gasteiger partial charge in [0.15, 0.2) is 0 Å². The lowest BCUT2D eigenvalue weighted by Crippen LogP contribution is -2.33. The van der Waals surface area contributed by atoms with Crippen LogP contribution in [0.2, 0.25) is 0 Å². The van der Waals surface area contributed by atoms with Gasteiger partial charge in [-0.15, -0.1) is 11.6 Å². The molecule has 0 aromatic carbocycles. The van der Waals surface area contributed by atoms with E-state index in [4.69, 9.17) is 16.3 Å². The average molecular weight is 248 g/mol. The Morgan fingerprint density at radius 2 is 2.12 bits per heavy atom. The second-order valence-electron chi connectivity index (χ2n) is 3.88. The van der Waals surface area contributed by atoms with Crippen LogP contribution in [0, 0.1) is 0 Å². The fraction of sp³-hybridized carbons (Fsp3) is 0.750.